The zero-order valence-electron chi connectivity index (χ0n) is 12.0. The molecule has 24 heavy (non-hydrogen) atoms. The average Bonchev–Trinajstić information content (AvgIpc) is 3.03. The molecule has 2 heterocycles. The summed E-state index contributed by atoms with van der Waals surface area (Å²) in [5, 5.41) is 5.91. The maximum absolute atomic E-state index is 12.3. The lowest BCUT2D eigenvalue weighted by atomic mass is 10.2. The number of benzene rings is 1. The number of amides is 1. The van der Waals surface area contributed by atoms with Crippen molar-refractivity contribution in [3.05, 3.63) is 41.7 Å². The molecule has 0 saturated heterocycles. The van der Waals surface area contributed by atoms with E-state index >= 15 is 0 Å². The molecule has 0 spiro atoms. The number of hydrogen-bond donors (Lipinski definition) is 2. The molecule has 0 unspecified atom stereocenters. The second kappa shape index (κ2) is 5.60. The molecule has 1 aliphatic rings. The largest absolute Gasteiger partial charge is 0.408 e. The molecule has 2 N–H and O–H groups in total. The number of anilines is 1. The maximum Gasteiger partial charge on any atom is 0.408 e. The van der Waals surface area contributed by atoms with E-state index in [2.05, 4.69) is 15.1 Å². The highest BCUT2D eigenvalue weighted by Gasteiger charge is 2.29. The van der Waals surface area contributed by atoms with Crippen LogP contribution in [0.15, 0.2) is 35.5 Å². The summed E-state index contributed by atoms with van der Waals surface area (Å²) < 4.78 is 63.3. The van der Waals surface area contributed by atoms with Crippen molar-refractivity contribution in [2.75, 3.05) is 5.32 Å². The molecule has 1 amide bonds. The summed E-state index contributed by atoms with van der Waals surface area (Å²) >= 11 is 0. The van der Waals surface area contributed by atoms with E-state index in [1.54, 1.807) is 6.07 Å². The molecule has 3 rings (SSSR count). The van der Waals surface area contributed by atoms with Crippen molar-refractivity contribution in [2.24, 2.45) is 0 Å². The lowest BCUT2D eigenvalue weighted by Crippen LogP contribution is -2.18. The minimum Gasteiger partial charge on any atom is -0.322 e. The van der Waals surface area contributed by atoms with Gasteiger partial charge in [0.15, 0.2) is 0 Å². The molecule has 0 radical (unpaired) electrons. The van der Waals surface area contributed by atoms with Gasteiger partial charge in [-0.3, -0.25) is 9.48 Å². The fourth-order valence-electron chi connectivity index (χ4n) is 2.23. The van der Waals surface area contributed by atoms with Gasteiger partial charge in [0.1, 0.15) is 6.54 Å². The Bertz CT molecular complexity index is 905. The quantitative estimate of drug-likeness (QED) is 0.867. The molecule has 0 bridgehead atoms. The van der Waals surface area contributed by atoms with Gasteiger partial charge in [-0.2, -0.15) is 18.3 Å². The number of carbonyl (C=O) groups excluding carboxylic acids is 1. The Morgan fingerprint density at radius 1 is 1.38 bits per heavy atom. The number of alkyl halides is 3. The third kappa shape index (κ3) is 3.41. The predicted octanol–water partition coefficient (Wildman–Crippen LogP) is 1.49. The topological polar surface area (TPSA) is 93.1 Å². The summed E-state index contributed by atoms with van der Waals surface area (Å²) in [6.07, 6.45) is -2.47. The Morgan fingerprint density at radius 2 is 2.12 bits per heavy atom. The van der Waals surface area contributed by atoms with Crippen molar-refractivity contribution < 1.29 is 26.4 Å². The van der Waals surface area contributed by atoms with Gasteiger partial charge in [-0.25, -0.2) is 13.1 Å². The summed E-state index contributed by atoms with van der Waals surface area (Å²) in [5.74, 6) is -0.688. The van der Waals surface area contributed by atoms with Gasteiger partial charge in [-0.1, -0.05) is 6.07 Å². The first-order chi connectivity index (χ1) is 11.1. The molecule has 0 fully saturated rings. The Morgan fingerprint density at radius 3 is 2.83 bits per heavy atom. The van der Waals surface area contributed by atoms with Crippen LogP contribution in [-0.2, 0) is 23.1 Å². The fourth-order valence-corrected chi connectivity index (χ4v) is 3.50. The number of halogens is 3. The first kappa shape index (κ1) is 16.5. The van der Waals surface area contributed by atoms with Gasteiger partial charge in [0.25, 0.3) is 5.91 Å². The SMILES string of the molecule is O=C(Nc1ccc2c(c1)S(=O)(=O)NC2)c1cnn(CC(F)(F)F)c1. The Labute approximate surface area is 134 Å². The lowest BCUT2D eigenvalue weighted by Gasteiger charge is -2.06. The fraction of sp³-hybridized carbons (Fsp3) is 0.231. The van der Waals surface area contributed by atoms with Crippen molar-refractivity contribution >= 4 is 21.6 Å². The molecule has 2 aromatic rings. The zero-order valence-corrected chi connectivity index (χ0v) is 12.8. The van der Waals surface area contributed by atoms with E-state index in [-0.39, 0.29) is 22.7 Å². The van der Waals surface area contributed by atoms with Gasteiger partial charge < -0.3 is 5.32 Å². The van der Waals surface area contributed by atoms with Crippen LogP contribution in [0.4, 0.5) is 18.9 Å². The summed E-state index contributed by atoms with van der Waals surface area (Å²) in [5.41, 5.74) is 0.723. The van der Waals surface area contributed by atoms with Crippen LogP contribution in [0.25, 0.3) is 0 Å². The first-order valence-electron chi connectivity index (χ1n) is 6.67. The molecule has 7 nitrogen and oxygen atoms in total. The molecular formula is C13H11F3N4O3S. The van der Waals surface area contributed by atoms with Crippen LogP contribution in [0.1, 0.15) is 15.9 Å². The van der Waals surface area contributed by atoms with Gasteiger partial charge in [0.2, 0.25) is 10.0 Å². The molecular weight excluding hydrogens is 349 g/mol. The van der Waals surface area contributed by atoms with E-state index < -0.39 is 28.7 Å². The van der Waals surface area contributed by atoms with Crippen LogP contribution in [0.2, 0.25) is 0 Å². The molecule has 0 saturated carbocycles. The number of hydrogen-bond acceptors (Lipinski definition) is 4. The molecule has 0 atom stereocenters. The molecule has 11 heteroatoms. The van der Waals surface area contributed by atoms with E-state index in [0.717, 1.165) is 12.4 Å². The number of rotatable bonds is 3. The van der Waals surface area contributed by atoms with Crippen LogP contribution in [-0.4, -0.2) is 30.3 Å². The van der Waals surface area contributed by atoms with Crippen molar-refractivity contribution in [2.45, 2.75) is 24.2 Å². The number of nitrogens with zero attached hydrogens (tertiary/aromatic N) is 2. The number of carbonyl (C=O) groups is 1. The molecule has 0 aliphatic carbocycles. The third-order valence-electron chi connectivity index (χ3n) is 3.30. The second-order valence-corrected chi connectivity index (χ2v) is 6.88. The third-order valence-corrected chi connectivity index (χ3v) is 4.79. The predicted molar refractivity (Wildman–Crippen MR) is 76.7 cm³/mol. The highest BCUT2D eigenvalue weighted by atomic mass is 32.2. The van der Waals surface area contributed by atoms with Gasteiger partial charge in [-0.15, -0.1) is 0 Å². The summed E-state index contributed by atoms with van der Waals surface area (Å²) in [6, 6.07) is 4.36. The van der Waals surface area contributed by atoms with Crippen molar-refractivity contribution in [1.82, 2.24) is 14.5 Å². The second-order valence-electron chi connectivity index (χ2n) is 5.14. The smallest absolute Gasteiger partial charge is 0.322 e. The standard InChI is InChI=1S/C13H11F3N4O3S/c14-13(15,16)7-20-6-9(4-17-20)12(21)19-10-2-1-8-5-18-24(22,23)11(8)3-10/h1-4,6,18H,5,7H2,(H,19,21). The van der Waals surface area contributed by atoms with Crippen molar-refractivity contribution in [3.63, 3.8) is 0 Å². The van der Waals surface area contributed by atoms with Crippen LogP contribution < -0.4 is 10.0 Å². The molecule has 1 aromatic heterocycles. The molecule has 128 valence electrons. The van der Waals surface area contributed by atoms with Crippen molar-refractivity contribution in [1.29, 1.82) is 0 Å². The van der Waals surface area contributed by atoms with E-state index in [1.165, 1.54) is 12.1 Å². The highest BCUT2D eigenvalue weighted by Crippen LogP contribution is 2.26. The minimum atomic E-state index is -4.44. The van der Waals surface area contributed by atoms with Crippen molar-refractivity contribution in [3.8, 4) is 0 Å². The van der Waals surface area contributed by atoms with Crippen LogP contribution in [0, 0.1) is 0 Å². The average molecular weight is 360 g/mol. The molecule has 1 aliphatic heterocycles. The molecule has 1 aromatic carbocycles. The van der Waals surface area contributed by atoms with E-state index in [9.17, 15) is 26.4 Å². The van der Waals surface area contributed by atoms with Gasteiger partial charge in [-0.05, 0) is 17.7 Å². The van der Waals surface area contributed by atoms with Crippen LogP contribution in [0.5, 0.6) is 0 Å². The van der Waals surface area contributed by atoms with Gasteiger partial charge >= 0.3 is 6.18 Å². The lowest BCUT2D eigenvalue weighted by molar-refractivity contribution is -0.142. The minimum absolute atomic E-state index is 0.0630. The number of aromatic nitrogens is 2. The highest BCUT2D eigenvalue weighted by molar-refractivity contribution is 7.89. The Balaban J connectivity index is 1.76. The maximum atomic E-state index is 12.3. The number of nitrogens with one attached hydrogen (secondary N) is 2. The zero-order chi connectivity index (χ0) is 17.5. The Hall–Kier alpha value is -2.40. The van der Waals surface area contributed by atoms with E-state index in [0.29, 0.717) is 10.2 Å². The Kier molecular flexibility index (Phi) is 3.84. The van der Waals surface area contributed by atoms with Crippen LogP contribution >= 0.6 is 0 Å². The van der Waals surface area contributed by atoms with Crippen LogP contribution in [0.3, 0.4) is 0 Å². The van der Waals surface area contributed by atoms with Gasteiger partial charge in [0.05, 0.1) is 16.7 Å². The number of fused-ring (bicyclic) bond motifs is 1. The van der Waals surface area contributed by atoms with E-state index in [1.807, 2.05) is 0 Å². The summed E-state index contributed by atoms with van der Waals surface area (Å²) in [7, 11) is -3.59. The van der Waals surface area contributed by atoms with E-state index in [4.69, 9.17) is 0 Å². The van der Waals surface area contributed by atoms with Gasteiger partial charge in [0, 0.05) is 18.4 Å². The summed E-state index contributed by atoms with van der Waals surface area (Å²) in [6.45, 7) is -1.13. The normalized spacial score (nSPS) is 16.0. The number of sulfonamides is 1. The first-order valence-corrected chi connectivity index (χ1v) is 8.15. The summed E-state index contributed by atoms with van der Waals surface area (Å²) in [4.78, 5) is 12.1. The monoisotopic (exact) mass is 360 g/mol.